The van der Waals surface area contributed by atoms with Crippen molar-refractivity contribution in [2.45, 2.75) is 102 Å². The number of phosphoric acid groups is 1. The van der Waals surface area contributed by atoms with Crippen LogP contribution in [0.4, 0.5) is 5.82 Å². The third-order valence-electron chi connectivity index (χ3n) is 15.5. The van der Waals surface area contributed by atoms with Crippen LogP contribution >= 0.6 is 16.3 Å². The van der Waals surface area contributed by atoms with E-state index in [0.29, 0.717) is 33.8 Å². The Morgan fingerprint density at radius 3 is 1.93 bits per heavy atom. The van der Waals surface area contributed by atoms with E-state index in [1.54, 1.807) is 68.8 Å². The first-order chi connectivity index (χ1) is 46.4. The van der Waals surface area contributed by atoms with Crippen LogP contribution in [0.5, 0.6) is 11.5 Å². The highest BCUT2D eigenvalue weighted by Crippen LogP contribution is 2.55. The van der Waals surface area contributed by atoms with Gasteiger partial charge in [-0.05, 0) is 92.4 Å². The summed E-state index contributed by atoms with van der Waals surface area (Å²) < 4.78 is 84.1. The minimum Gasteiger partial charge on any atom is -0.497 e. The zero-order valence-electron chi connectivity index (χ0n) is 53.8. The Kier molecular flexibility index (Phi) is 25.4. The van der Waals surface area contributed by atoms with E-state index in [1.807, 2.05) is 117 Å². The molecule has 5 aromatic carbocycles. The lowest BCUT2D eigenvalue weighted by molar-refractivity contribution is -0.120. The molecule has 2 aliphatic rings. The number of rotatable bonds is 31. The van der Waals surface area contributed by atoms with Gasteiger partial charge in [-0.1, -0.05) is 115 Å². The Morgan fingerprint density at radius 1 is 0.750 bits per heavy atom. The minimum absolute atomic E-state index is 0.00845. The van der Waals surface area contributed by atoms with E-state index in [9.17, 15) is 24.0 Å². The predicted molar refractivity (Wildman–Crippen MR) is 357 cm³/mol. The van der Waals surface area contributed by atoms with Gasteiger partial charge in [0.1, 0.15) is 72.5 Å². The second-order valence-corrected chi connectivity index (χ2v) is 25.6. The Balaban J connectivity index is 1.06. The van der Waals surface area contributed by atoms with Crippen molar-refractivity contribution in [1.29, 1.82) is 0 Å². The molecule has 2 fully saturated rings. The summed E-state index contributed by atoms with van der Waals surface area (Å²) in [5.74, 6) is 5.88. The van der Waals surface area contributed by atoms with Crippen molar-refractivity contribution in [3.05, 3.63) is 246 Å². The maximum atomic E-state index is 15.7. The van der Waals surface area contributed by atoms with E-state index < -0.39 is 94.9 Å². The molecule has 9 rings (SSSR count). The normalized spacial score (nSPS) is 18.6. The van der Waals surface area contributed by atoms with E-state index in [2.05, 4.69) is 42.1 Å². The highest BCUT2D eigenvalue weighted by Gasteiger charge is 2.48. The van der Waals surface area contributed by atoms with Gasteiger partial charge < -0.3 is 53.1 Å². The molecule has 2 aliphatic heterocycles. The fourth-order valence-electron chi connectivity index (χ4n) is 11.0. The van der Waals surface area contributed by atoms with Crippen LogP contribution in [-0.2, 0) is 58.2 Å². The summed E-state index contributed by atoms with van der Waals surface area (Å²) in [5.41, 5.74) is -0.828. The average Bonchev–Trinajstić information content (AvgIpc) is 0.799. The van der Waals surface area contributed by atoms with Crippen molar-refractivity contribution in [3.8, 4) is 23.3 Å². The number of carbonyl (C=O) groups is 2. The second-order valence-electron chi connectivity index (χ2n) is 22.6. The van der Waals surface area contributed by atoms with E-state index >= 15 is 4.57 Å². The Labute approximate surface area is 557 Å². The standard InChI is InChI=1S/C69H75N9O16P2/c1-47(2)78(48(3)4)95(88-39-36-70-5)93-57-42-64(77-44-51(66(81)75-68(77)83)23-18-35-72-62(79)41-49-19-12-9-13-20-49)92-60(57)46-90-96(84,89-40-37-71-6)94-58-43-63(76-38-34-61(74-67(76)82)73-65(80)50-21-14-10-15-22-50)91-59(58)45-87-69(52-24-16-11-17-25-52,53-26-30-55(85-7)31-27-53)54-28-32-56(86-8)33-29-54/h9-17,19-22,24-34,38,44,47-48,57-60,63-64H,35-37,39-43,45-46H2,1-4,7-8H3,(H,72,79)(H,75,81,83)(H,73,74,80,82)/t57-,58-,59-,60-,63-,64-,95?,96?/m1/s1. The number of benzene rings is 5. The quantitative estimate of drug-likeness (QED) is 0.0120. The summed E-state index contributed by atoms with van der Waals surface area (Å²) in [6.07, 6.45) is -4.64. The molecular formula is C69H75N9O16P2. The number of ether oxygens (including phenoxy) is 5. The molecule has 3 N–H and O–H groups in total. The number of nitrogens with zero attached hydrogens (tertiary/aromatic N) is 6. The molecule has 4 heterocycles. The number of hydrogen-bond donors (Lipinski definition) is 3. The van der Waals surface area contributed by atoms with E-state index in [4.69, 9.17) is 59.4 Å². The van der Waals surface area contributed by atoms with Gasteiger partial charge in [0.15, 0.2) is 0 Å². The number of aromatic amines is 1. The van der Waals surface area contributed by atoms with Crippen molar-refractivity contribution in [2.24, 2.45) is 0 Å². The summed E-state index contributed by atoms with van der Waals surface area (Å²) in [7, 11) is -3.81. The third-order valence-corrected chi connectivity index (χ3v) is 19.1. The molecule has 96 heavy (non-hydrogen) atoms. The van der Waals surface area contributed by atoms with Gasteiger partial charge in [0, 0.05) is 42.9 Å². The first-order valence-corrected chi connectivity index (χ1v) is 33.6. The van der Waals surface area contributed by atoms with Gasteiger partial charge in [0.2, 0.25) is 19.0 Å². The largest absolute Gasteiger partial charge is 0.497 e. The lowest BCUT2D eigenvalue weighted by atomic mass is 9.80. The fourth-order valence-corrected chi connectivity index (χ4v) is 14.1. The van der Waals surface area contributed by atoms with Gasteiger partial charge >= 0.3 is 19.2 Å². The van der Waals surface area contributed by atoms with E-state index in [1.165, 1.54) is 23.0 Å². The van der Waals surface area contributed by atoms with Crippen LogP contribution < -0.4 is 37.0 Å². The molecule has 25 nitrogen and oxygen atoms in total. The van der Waals surface area contributed by atoms with Crippen LogP contribution in [0.3, 0.4) is 0 Å². The van der Waals surface area contributed by atoms with Gasteiger partial charge in [0.25, 0.3) is 20.0 Å². The van der Waals surface area contributed by atoms with Gasteiger partial charge in [-0.25, -0.2) is 32.0 Å². The minimum atomic E-state index is -4.95. The number of phosphoric ester groups is 1. The SMILES string of the molecule is [C-]#[N+]CCOP(O[C@@H]1C[C@H](n2cc(C#CCNC(=O)Cc3ccccc3)c(=O)[nH]c2=O)O[C@@H]1COP(=O)(OCC[N+]#[C-])O[C@@H]1C[C@H](n2ccc(NC(=O)c3ccccc3)nc2=O)O[C@@H]1COC(c1ccccc1)(c1ccc(OC)cc1)c1ccc(OC)cc1)N(C(C)C)C(C)C. The number of carbonyl (C=O) groups excluding carboxylic acids is 2. The molecule has 0 spiro atoms. The zero-order chi connectivity index (χ0) is 68.2. The summed E-state index contributed by atoms with van der Waals surface area (Å²) in [4.78, 5) is 80.5. The molecule has 502 valence electrons. The maximum absolute atomic E-state index is 15.7. The number of amides is 2. The topological polar surface area (TPSA) is 269 Å². The van der Waals surface area contributed by atoms with Gasteiger partial charge in [-0.15, -0.1) is 0 Å². The predicted octanol–water partition coefficient (Wildman–Crippen LogP) is 9.47. The van der Waals surface area contributed by atoms with Crippen molar-refractivity contribution in [3.63, 3.8) is 0 Å². The molecule has 2 amide bonds. The van der Waals surface area contributed by atoms with Crippen LogP contribution in [0.25, 0.3) is 9.69 Å². The van der Waals surface area contributed by atoms with Crippen LogP contribution in [0.15, 0.2) is 172 Å². The molecule has 7 aromatic rings. The fraction of sp³-hybridized carbons (Fsp3) is 0.362. The molecule has 2 aromatic heterocycles. The second kappa shape index (κ2) is 34.1. The van der Waals surface area contributed by atoms with Crippen LogP contribution in [0.2, 0.25) is 0 Å². The molecule has 0 saturated carbocycles. The molecular weight excluding hydrogens is 1270 g/mol. The smallest absolute Gasteiger partial charge is 0.475 e. The number of aromatic nitrogens is 4. The first-order valence-electron chi connectivity index (χ1n) is 31.0. The average molecular weight is 1350 g/mol. The van der Waals surface area contributed by atoms with Crippen LogP contribution in [0.1, 0.15) is 91.2 Å². The number of hydrogen-bond acceptors (Lipinski definition) is 18. The molecule has 0 aliphatic carbocycles. The molecule has 0 bridgehead atoms. The van der Waals surface area contributed by atoms with E-state index in [-0.39, 0.29) is 81.5 Å². The number of methoxy groups -OCH3 is 2. The summed E-state index contributed by atoms with van der Waals surface area (Å²) in [6, 6.07) is 42.8. The molecule has 0 radical (unpaired) electrons. The molecule has 2 unspecified atom stereocenters. The number of H-pyrrole nitrogens is 1. The lowest BCUT2D eigenvalue weighted by Crippen LogP contribution is -2.38. The van der Waals surface area contributed by atoms with Gasteiger partial charge in [-0.2, -0.15) is 4.98 Å². The number of nitrogens with one attached hydrogen (secondary N) is 3. The third kappa shape index (κ3) is 18.3. The first kappa shape index (κ1) is 71.3. The van der Waals surface area contributed by atoms with Gasteiger partial charge in [0.05, 0.1) is 46.5 Å². The van der Waals surface area contributed by atoms with Crippen LogP contribution in [-0.4, -0.2) is 132 Å². The zero-order valence-corrected chi connectivity index (χ0v) is 55.6. The van der Waals surface area contributed by atoms with Crippen molar-refractivity contribution >= 4 is 34.0 Å². The Bertz CT molecular complexity index is 4070. The molecule has 2 saturated heterocycles. The lowest BCUT2D eigenvalue weighted by Gasteiger charge is -2.37. The maximum Gasteiger partial charge on any atom is 0.475 e. The van der Waals surface area contributed by atoms with Crippen molar-refractivity contribution in [1.82, 2.24) is 29.1 Å². The summed E-state index contributed by atoms with van der Waals surface area (Å²) >= 11 is 0. The molecule has 8 atom stereocenters. The highest BCUT2D eigenvalue weighted by atomic mass is 31.2. The Morgan fingerprint density at radius 2 is 1.32 bits per heavy atom. The monoisotopic (exact) mass is 1350 g/mol. The highest BCUT2D eigenvalue weighted by molar-refractivity contribution is 7.48. The summed E-state index contributed by atoms with van der Waals surface area (Å²) in [5, 5.41) is 5.38. The summed E-state index contributed by atoms with van der Waals surface area (Å²) in [6.45, 7) is 21.2. The van der Waals surface area contributed by atoms with Gasteiger partial charge in [-0.3, -0.25) is 42.1 Å². The van der Waals surface area contributed by atoms with Crippen molar-refractivity contribution < 1.29 is 60.5 Å². The Hall–Kier alpha value is -8.96. The van der Waals surface area contributed by atoms with E-state index in [0.717, 1.165) is 10.1 Å². The number of anilines is 1. The van der Waals surface area contributed by atoms with Crippen molar-refractivity contribution in [2.75, 3.05) is 65.6 Å². The van der Waals surface area contributed by atoms with Crippen LogP contribution in [0, 0.1) is 25.0 Å². The molecule has 27 heteroatoms.